The van der Waals surface area contributed by atoms with Crippen molar-refractivity contribution in [2.45, 2.75) is 56.9 Å². The van der Waals surface area contributed by atoms with E-state index in [1.165, 1.54) is 49.8 Å². The first kappa shape index (κ1) is 15.8. The van der Waals surface area contributed by atoms with E-state index in [-0.39, 0.29) is 5.41 Å². The summed E-state index contributed by atoms with van der Waals surface area (Å²) < 4.78 is 5.89. The van der Waals surface area contributed by atoms with Gasteiger partial charge in [-0.05, 0) is 61.9 Å². The van der Waals surface area contributed by atoms with Gasteiger partial charge in [0.25, 0.3) is 0 Å². The van der Waals surface area contributed by atoms with E-state index in [4.69, 9.17) is 4.74 Å². The average molecular weight is 342 g/mol. The minimum absolute atomic E-state index is 0.223. The standard InChI is InChI=1S/C21H30N2O2/c1-20-6-4-5-7-21(20)8-9-22(2)17(20)12-14-15(21)13-16(24)19-18(14)23(3)10-11-25-19/h13,17,24H,4-12H2,1-3H3/t17-,20+,21+/m0/s1. The second-order valence-electron chi connectivity index (χ2n) is 9.03. The SMILES string of the molecule is CN1CCOc2c(O)cc3c(c21)C[C@@H]1N(C)CC[C@]32CCCC[C@]12C. The molecule has 4 nitrogen and oxygen atoms in total. The lowest BCUT2D eigenvalue weighted by atomic mass is 9.44. The number of aromatic hydroxyl groups is 1. The number of likely N-dealkylation sites (tertiary alicyclic amines) is 1. The van der Waals surface area contributed by atoms with E-state index in [2.05, 4.69) is 36.9 Å². The Bertz CT molecular complexity index is 733. The number of hydrogen-bond donors (Lipinski definition) is 1. The molecule has 0 amide bonds. The van der Waals surface area contributed by atoms with E-state index < -0.39 is 0 Å². The largest absolute Gasteiger partial charge is 0.504 e. The number of piperidine rings is 1. The predicted octanol–water partition coefficient (Wildman–Crippen LogP) is 3.30. The number of ether oxygens (including phenoxy) is 1. The third-order valence-corrected chi connectivity index (χ3v) is 8.11. The van der Waals surface area contributed by atoms with Crippen LogP contribution >= 0.6 is 0 Å². The quantitative estimate of drug-likeness (QED) is 0.785. The first-order chi connectivity index (χ1) is 12.0. The van der Waals surface area contributed by atoms with E-state index in [9.17, 15) is 5.11 Å². The summed E-state index contributed by atoms with van der Waals surface area (Å²) >= 11 is 0. The zero-order valence-electron chi connectivity index (χ0n) is 15.8. The Hall–Kier alpha value is -1.42. The summed E-state index contributed by atoms with van der Waals surface area (Å²) in [4.78, 5) is 4.91. The molecule has 136 valence electrons. The van der Waals surface area contributed by atoms with Crippen LogP contribution in [0.4, 0.5) is 5.69 Å². The molecule has 0 aromatic heterocycles. The van der Waals surface area contributed by atoms with Gasteiger partial charge in [-0.25, -0.2) is 0 Å². The molecule has 3 atom stereocenters. The summed E-state index contributed by atoms with van der Waals surface area (Å²) in [6.07, 6.45) is 7.54. The molecule has 4 aliphatic rings. The minimum Gasteiger partial charge on any atom is -0.504 e. The van der Waals surface area contributed by atoms with Gasteiger partial charge in [0.2, 0.25) is 0 Å². The molecular formula is C21H30N2O2. The molecule has 1 aromatic rings. The molecule has 1 aromatic carbocycles. The van der Waals surface area contributed by atoms with Crippen LogP contribution in [0, 0.1) is 5.41 Å². The zero-order chi connectivity index (χ0) is 17.4. The molecule has 5 rings (SSSR count). The van der Waals surface area contributed by atoms with Gasteiger partial charge in [-0.3, -0.25) is 0 Å². The Balaban J connectivity index is 1.80. The van der Waals surface area contributed by atoms with Crippen molar-refractivity contribution in [3.8, 4) is 11.5 Å². The van der Waals surface area contributed by atoms with E-state index in [0.29, 0.717) is 29.6 Å². The highest BCUT2D eigenvalue weighted by atomic mass is 16.5. The van der Waals surface area contributed by atoms with Crippen LogP contribution in [-0.4, -0.2) is 49.8 Å². The summed E-state index contributed by atoms with van der Waals surface area (Å²) in [6.45, 7) is 5.26. The number of likely N-dealkylation sites (N-methyl/N-ethyl adjacent to an activating group) is 2. The molecule has 25 heavy (non-hydrogen) atoms. The lowest BCUT2D eigenvalue weighted by molar-refractivity contribution is -0.0735. The fraction of sp³-hybridized carbons (Fsp3) is 0.714. The number of benzene rings is 1. The van der Waals surface area contributed by atoms with E-state index in [0.717, 1.165) is 18.7 Å². The van der Waals surface area contributed by atoms with Crippen molar-refractivity contribution < 1.29 is 9.84 Å². The van der Waals surface area contributed by atoms with Crippen molar-refractivity contribution in [2.24, 2.45) is 5.41 Å². The second kappa shape index (κ2) is 5.06. The summed E-state index contributed by atoms with van der Waals surface area (Å²) in [5.41, 5.74) is 4.59. The molecule has 2 fully saturated rings. The van der Waals surface area contributed by atoms with Crippen LogP contribution in [0.15, 0.2) is 6.07 Å². The first-order valence-electron chi connectivity index (χ1n) is 9.91. The molecule has 1 N–H and O–H groups in total. The van der Waals surface area contributed by atoms with E-state index >= 15 is 0 Å². The van der Waals surface area contributed by atoms with Gasteiger partial charge in [-0.2, -0.15) is 0 Å². The number of fused-ring (bicyclic) bond motifs is 3. The summed E-state index contributed by atoms with van der Waals surface area (Å²) in [5, 5.41) is 10.8. The zero-order valence-corrected chi connectivity index (χ0v) is 15.8. The third kappa shape index (κ3) is 1.82. The minimum atomic E-state index is 0.223. The fourth-order valence-corrected chi connectivity index (χ4v) is 6.75. The average Bonchev–Trinajstić information content (AvgIpc) is 2.59. The van der Waals surface area contributed by atoms with Crippen molar-refractivity contribution >= 4 is 5.69 Å². The smallest absolute Gasteiger partial charge is 0.184 e. The summed E-state index contributed by atoms with van der Waals surface area (Å²) in [7, 11) is 4.46. The molecular weight excluding hydrogens is 312 g/mol. The van der Waals surface area contributed by atoms with Gasteiger partial charge in [0, 0.05) is 18.5 Å². The molecule has 2 aliphatic carbocycles. The number of anilines is 1. The first-order valence-corrected chi connectivity index (χ1v) is 9.91. The predicted molar refractivity (Wildman–Crippen MR) is 99.9 cm³/mol. The molecule has 1 saturated carbocycles. The Morgan fingerprint density at radius 2 is 1.96 bits per heavy atom. The van der Waals surface area contributed by atoms with Crippen LogP contribution in [0.5, 0.6) is 11.5 Å². The Labute approximate surface area is 150 Å². The van der Waals surface area contributed by atoms with Crippen LogP contribution in [0.3, 0.4) is 0 Å². The van der Waals surface area contributed by atoms with Crippen molar-refractivity contribution in [1.29, 1.82) is 0 Å². The normalized spacial score (nSPS) is 36.9. The van der Waals surface area contributed by atoms with Crippen LogP contribution in [-0.2, 0) is 11.8 Å². The highest BCUT2D eigenvalue weighted by Gasteiger charge is 2.61. The Morgan fingerprint density at radius 1 is 1.16 bits per heavy atom. The van der Waals surface area contributed by atoms with Gasteiger partial charge in [-0.1, -0.05) is 19.8 Å². The Kier molecular flexibility index (Phi) is 3.20. The van der Waals surface area contributed by atoms with Crippen molar-refractivity contribution in [3.63, 3.8) is 0 Å². The summed E-state index contributed by atoms with van der Waals surface area (Å²) in [6, 6.07) is 2.68. The van der Waals surface area contributed by atoms with Crippen molar-refractivity contribution in [3.05, 3.63) is 17.2 Å². The fourth-order valence-electron chi connectivity index (χ4n) is 6.75. The molecule has 2 aliphatic heterocycles. The van der Waals surface area contributed by atoms with Gasteiger partial charge in [0.15, 0.2) is 11.5 Å². The van der Waals surface area contributed by atoms with Gasteiger partial charge < -0.3 is 19.6 Å². The number of rotatable bonds is 0. The van der Waals surface area contributed by atoms with Crippen molar-refractivity contribution in [2.75, 3.05) is 38.7 Å². The molecule has 0 radical (unpaired) electrons. The van der Waals surface area contributed by atoms with Crippen LogP contribution in [0.1, 0.15) is 50.2 Å². The molecule has 0 spiro atoms. The van der Waals surface area contributed by atoms with Crippen LogP contribution < -0.4 is 9.64 Å². The number of nitrogens with zero attached hydrogens (tertiary/aromatic N) is 2. The van der Waals surface area contributed by atoms with Gasteiger partial charge in [-0.15, -0.1) is 0 Å². The topological polar surface area (TPSA) is 35.9 Å². The molecule has 1 saturated heterocycles. The lowest BCUT2D eigenvalue weighted by Crippen LogP contribution is -2.66. The molecule has 2 heterocycles. The maximum Gasteiger partial charge on any atom is 0.184 e. The Morgan fingerprint density at radius 3 is 2.80 bits per heavy atom. The van der Waals surface area contributed by atoms with Gasteiger partial charge in [0.1, 0.15) is 6.61 Å². The highest BCUT2D eigenvalue weighted by molar-refractivity contribution is 5.74. The van der Waals surface area contributed by atoms with Gasteiger partial charge >= 0.3 is 0 Å². The maximum absolute atomic E-state index is 10.8. The third-order valence-electron chi connectivity index (χ3n) is 8.11. The van der Waals surface area contributed by atoms with E-state index in [1.54, 1.807) is 0 Å². The second-order valence-corrected chi connectivity index (χ2v) is 9.03. The molecule has 4 heteroatoms. The van der Waals surface area contributed by atoms with Gasteiger partial charge in [0.05, 0.1) is 12.2 Å². The van der Waals surface area contributed by atoms with Crippen molar-refractivity contribution in [1.82, 2.24) is 4.90 Å². The van der Waals surface area contributed by atoms with Crippen LogP contribution in [0.2, 0.25) is 0 Å². The number of phenols is 1. The maximum atomic E-state index is 10.8. The number of phenolic OH excluding ortho intramolecular Hbond substituents is 1. The molecule has 0 unspecified atom stereocenters. The van der Waals surface area contributed by atoms with Crippen LogP contribution in [0.25, 0.3) is 0 Å². The summed E-state index contributed by atoms with van der Waals surface area (Å²) in [5.74, 6) is 1.06. The molecule has 2 bridgehead atoms. The number of hydrogen-bond acceptors (Lipinski definition) is 4. The highest BCUT2D eigenvalue weighted by Crippen LogP contribution is 2.65. The monoisotopic (exact) mass is 342 g/mol. The lowest BCUT2D eigenvalue weighted by Gasteiger charge is -2.65. The van der Waals surface area contributed by atoms with E-state index in [1.807, 2.05) is 0 Å².